The third kappa shape index (κ3) is 1.40. The molecule has 0 aromatic heterocycles. The molecule has 10 heavy (non-hydrogen) atoms. The summed E-state index contributed by atoms with van der Waals surface area (Å²) < 4.78 is 0. The number of nitrogens with zero attached hydrogens (tertiary/aromatic N) is 1. The monoisotopic (exact) mass is 141 g/mol. The van der Waals surface area contributed by atoms with E-state index in [1.807, 2.05) is 0 Å². The fourth-order valence-electron chi connectivity index (χ4n) is 0.950. The van der Waals surface area contributed by atoms with Gasteiger partial charge in [0.2, 0.25) is 0 Å². The third-order valence-electron chi connectivity index (χ3n) is 1.81. The molecule has 0 saturated carbocycles. The molecule has 1 rings (SSSR count). The molecule has 1 unspecified atom stereocenters. The van der Waals surface area contributed by atoms with Crippen LogP contribution in [0.25, 0.3) is 0 Å². The lowest BCUT2D eigenvalue weighted by Crippen LogP contribution is -2.43. The van der Waals surface area contributed by atoms with Crippen molar-refractivity contribution in [2.24, 2.45) is 16.1 Å². The summed E-state index contributed by atoms with van der Waals surface area (Å²) in [6.07, 6.45) is 0. The molecule has 0 radical (unpaired) electrons. The van der Waals surface area contributed by atoms with Gasteiger partial charge in [-0.1, -0.05) is 20.8 Å². The maximum Gasteiger partial charge on any atom is 0.188 e. The first kappa shape index (κ1) is 7.38. The summed E-state index contributed by atoms with van der Waals surface area (Å²) in [6, 6.07) is 0.410. The second-order valence-corrected chi connectivity index (χ2v) is 3.79. The quantitative estimate of drug-likeness (QED) is 0.510. The van der Waals surface area contributed by atoms with Crippen LogP contribution in [-0.2, 0) is 0 Å². The number of hydrogen-bond donors (Lipinski definition) is 2. The molecule has 1 aliphatic rings. The largest absolute Gasteiger partial charge is 0.370 e. The van der Waals surface area contributed by atoms with E-state index in [2.05, 4.69) is 31.1 Å². The Labute approximate surface area is 61.7 Å². The minimum absolute atomic E-state index is 0.255. The fraction of sp³-hybridized carbons (Fsp3) is 0.857. The average molecular weight is 141 g/mol. The van der Waals surface area contributed by atoms with Gasteiger partial charge in [0.15, 0.2) is 5.96 Å². The van der Waals surface area contributed by atoms with Gasteiger partial charge in [-0.2, -0.15) is 0 Å². The highest BCUT2D eigenvalue weighted by Gasteiger charge is 2.27. The van der Waals surface area contributed by atoms with Crippen molar-refractivity contribution in [3.8, 4) is 0 Å². The number of aliphatic imine (C=N–C) groups is 1. The predicted molar refractivity (Wildman–Crippen MR) is 42.9 cm³/mol. The maximum absolute atomic E-state index is 5.46. The van der Waals surface area contributed by atoms with Crippen LogP contribution in [-0.4, -0.2) is 18.5 Å². The molecular formula is C7H15N3. The first-order valence-corrected chi connectivity index (χ1v) is 3.56. The van der Waals surface area contributed by atoms with Gasteiger partial charge in [-0.25, -0.2) is 0 Å². The van der Waals surface area contributed by atoms with Crippen LogP contribution in [0.3, 0.4) is 0 Å². The van der Waals surface area contributed by atoms with E-state index in [1.54, 1.807) is 0 Å². The van der Waals surface area contributed by atoms with E-state index in [9.17, 15) is 0 Å². The predicted octanol–water partition coefficient (Wildman–Crippen LogP) is 0.319. The number of guanidine groups is 1. The van der Waals surface area contributed by atoms with Crippen LogP contribution in [0.15, 0.2) is 4.99 Å². The lowest BCUT2D eigenvalue weighted by Gasteiger charge is -2.26. The summed E-state index contributed by atoms with van der Waals surface area (Å²) in [6.45, 7) is 7.35. The topological polar surface area (TPSA) is 50.4 Å². The van der Waals surface area contributed by atoms with Crippen molar-refractivity contribution in [3.63, 3.8) is 0 Å². The minimum atomic E-state index is 0.255. The molecule has 3 heteroatoms. The van der Waals surface area contributed by atoms with Gasteiger partial charge in [-0.15, -0.1) is 0 Å². The molecule has 3 nitrogen and oxygen atoms in total. The molecule has 0 bridgehead atoms. The van der Waals surface area contributed by atoms with Crippen LogP contribution in [0.2, 0.25) is 0 Å². The van der Waals surface area contributed by atoms with Gasteiger partial charge in [-0.05, 0) is 5.41 Å². The molecule has 0 aliphatic carbocycles. The summed E-state index contributed by atoms with van der Waals surface area (Å²) in [4.78, 5) is 4.07. The zero-order valence-electron chi connectivity index (χ0n) is 6.81. The van der Waals surface area contributed by atoms with E-state index in [-0.39, 0.29) is 5.41 Å². The Morgan fingerprint density at radius 1 is 1.60 bits per heavy atom. The number of nitrogens with one attached hydrogen (secondary N) is 1. The second-order valence-electron chi connectivity index (χ2n) is 3.79. The van der Waals surface area contributed by atoms with Crippen LogP contribution in [0.4, 0.5) is 0 Å². The Hall–Kier alpha value is -0.730. The highest BCUT2D eigenvalue weighted by molar-refractivity contribution is 5.79. The molecular weight excluding hydrogens is 126 g/mol. The molecule has 3 N–H and O–H groups in total. The van der Waals surface area contributed by atoms with Crippen LogP contribution in [0.1, 0.15) is 20.8 Å². The lowest BCUT2D eigenvalue weighted by atomic mass is 9.87. The van der Waals surface area contributed by atoms with Gasteiger partial charge in [-0.3, -0.25) is 4.99 Å². The van der Waals surface area contributed by atoms with Crippen molar-refractivity contribution in [2.45, 2.75) is 26.8 Å². The second kappa shape index (κ2) is 2.15. The minimum Gasteiger partial charge on any atom is -0.370 e. The van der Waals surface area contributed by atoms with Crippen molar-refractivity contribution in [1.29, 1.82) is 0 Å². The van der Waals surface area contributed by atoms with E-state index in [0.29, 0.717) is 12.0 Å². The van der Waals surface area contributed by atoms with Crippen LogP contribution < -0.4 is 11.1 Å². The smallest absolute Gasteiger partial charge is 0.188 e. The average Bonchev–Trinajstić information content (AvgIpc) is 2.11. The van der Waals surface area contributed by atoms with E-state index in [1.165, 1.54) is 0 Å². The highest BCUT2D eigenvalue weighted by Crippen LogP contribution is 2.20. The molecule has 0 aromatic carbocycles. The van der Waals surface area contributed by atoms with Gasteiger partial charge in [0.25, 0.3) is 0 Å². The first-order chi connectivity index (χ1) is 4.50. The number of rotatable bonds is 0. The maximum atomic E-state index is 5.46. The van der Waals surface area contributed by atoms with Crippen molar-refractivity contribution >= 4 is 5.96 Å². The molecule has 58 valence electrons. The summed E-state index contributed by atoms with van der Waals surface area (Å²) in [7, 11) is 0. The lowest BCUT2D eigenvalue weighted by molar-refractivity contribution is 0.314. The molecule has 1 aliphatic heterocycles. The molecule has 1 atom stereocenters. The molecule has 0 aromatic rings. The van der Waals surface area contributed by atoms with E-state index >= 15 is 0 Å². The molecule has 0 amide bonds. The molecule has 0 spiro atoms. The van der Waals surface area contributed by atoms with E-state index in [0.717, 1.165) is 6.54 Å². The summed E-state index contributed by atoms with van der Waals surface area (Å²) >= 11 is 0. The standard InChI is InChI=1S/C7H15N3/c1-7(2,3)5-4-9-6(8)10-5/h5H,4H2,1-3H3,(H3,8,9,10). The van der Waals surface area contributed by atoms with Gasteiger partial charge in [0.1, 0.15) is 0 Å². The van der Waals surface area contributed by atoms with Crippen molar-refractivity contribution in [3.05, 3.63) is 0 Å². The van der Waals surface area contributed by atoms with Gasteiger partial charge in [0, 0.05) is 0 Å². The summed E-state index contributed by atoms with van der Waals surface area (Å²) in [5.41, 5.74) is 5.72. The normalized spacial score (nSPS) is 25.9. The Kier molecular flexibility index (Phi) is 1.58. The number of hydrogen-bond acceptors (Lipinski definition) is 3. The number of nitrogens with two attached hydrogens (primary N) is 1. The molecule has 1 heterocycles. The Morgan fingerprint density at radius 3 is 2.40 bits per heavy atom. The Morgan fingerprint density at radius 2 is 2.20 bits per heavy atom. The van der Waals surface area contributed by atoms with Gasteiger partial charge in [0.05, 0.1) is 12.6 Å². The highest BCUT2D eigenvalue weighted by atomic mass is 15.2. The zero-order chi connectivity index (χ0) is 7.78. The molecule has 0 saturated heterocycles. The van der Waals surface area contributed by atoms with Crippen molar-refractivity contribution in [1.82, 2.24) is 5.32 Å². The van der Waals surface area contributed by atoms with Crippen molar-refractivity contribution in [2.75, 3.05) is 6.54 Å². The SMILES string of the molecule is CC(C)(C)C1CN=C(N)N1. The van der Waals surface area contributed by atoms with Crippen LogP contribution in [0, 0.1) is 5.41 Å². The Balaban J connectivity index is 2.50. The zero-order valence-corrected chi connectivity index (χ0v) is 6.81. The fourth-order valence-corrected chi connectivity index (χ4v) is 0.950. The van der Waals surface area contributed by atoms with Crippen LogP contribution in [0.5, 0.6) is 0 Å². The van der Waals surface area contributed by atoms with Gasteiger partial charge >= 0.3 is 0 Å². The van der Waals surface area contributed by atoms with E-state index < -0.39 is 0 Å². The van der Waals surface area contributed by atoms with Gasteiger partial charge < -0.3 is 11.1 Å². The van der Waals surface area contributed by atoms with Crippen molar-refractivity contribution < 1.29 is 0 Å². The third-order valence-corrected chi connectivity index (χ3v) is 1.81. The molecule has 0 fully saturated rings. The summed E-state index contributed by atoms with van der Waals surface area (Å²) in [5, 5.41) is 3.12. The first-order valence-electron chi connectivity index (χ1n) is 3.56. The Bertz CT molecular complexity index is 155. The van der Waals surface area contributed by atoms with Crippen LogP contribution >= 0.6 is 0 Å². The van der Waals surface area contributed by atoms with E-state index in [4.69, 9.17) is 5.73 Å². The summed E-state index contributed by atoms with van der Waals surface area (Å²) in [5.74, 6) is 0.583.